The minimum absolute atomic E-state index is 0.0178. The van der Waals surface area contributed by atoms with E-state index >= 15 is 0 Å². The van der Waals surface area contributed by atoms with Crippen molar-refractivity contribution in [2.45, 2.75) is 73.1 Å². The van der Waals surface area contributed by atoms with E-state index in [2.05, 4.69) is 17.9 Å². The number of amides is 1. The molecule has 1 N–H and O–H groups in total. The van der Waals surface area contributed by atoms with E-state index in [9.17, 15) is 22.8 Å². The fourth-order valence-electron chi connectivity index (χ4n) is 5.44. The molecular formula is C33H33F3N4O2S3. The largest absolute Gasteiger partial charge is 0.416 e. The first-order valence-electron chi connectivity index (χ1n) is 15.0. The Balaban J connectivity index is 1.04. The lowest BCUT2D eigenvalue weighted by atomic mass is 10.0. The van der Waals surface area contributed by atoms with Gasteiger partial charge in [0.1, 0.15) is 0 Å². The van der Waals surface area contributed by atoms with E-state index in [4.69, 9.17) is 4.98 Å². The standard InChI is InChI=1S/C33H33F3N4O2S3/c34-33(35,36)22-10-8-21(9-11-22)18-24-12-13-25(44-24)19-37-16-14-30(41)39-17-15-27-26(20-39)31(42)40(28-6-1-2-7-29(28)43)32(38-27)45-23-4-3-5-23/h1-2,6-13,23,37,43H,3-5,14-20H2. The number of nitrogens with one attached hydrogen (secondary N) is 1. The normalized spacial score (nSPS) is 15.2. The molecule has 2 aromatic carbocycles. The summed E-state index contributed by atoms with van der Waals surface area (Å²) in [5.41, 5.74) is 2.09. The Morgan fingerprint density at radius 2 is 1.82 bits per heavy atom. The molecule has 0 radical (unpaired) electrons. The number of fused-ring (bicyclic) bond motifs is 1. The number of hydrogen-bond donors (Lipinski definition) is 2. The van der Waals surface area contributed by atoms with Gasteiger partial charge in [-0.25, -0.2) is 4.98 Å². The number of carbonyl (C=O) groups excluding carboxylic acids is 1. The van der Waals surface area contributed by atoms with Crippen LogP contribution < -0.4 is 10.9 Å². The number of thioether (sulfide) groups is 1. The molecule has 6 rings (SSSR count). The average molecular weight is 671 g/mol. The SMILES string of the molecule is O=C(CCNCc1ccc(Cc2ccc(C(F)(F)F)cc2)s1)N1CCc2nc(SC3CCC3)n(-c3ccccc3S)c(=O)c2C1. The van der Waals surface area contributed by atoms with Crippen molar-refractivity contribution in [3.8, 4) is 5.69 Å². The van der Waals surface area contributed by atoms with Gasteiger partial charge >= 0.3 is 6.18 Å². The Morgan fingerprint density at radius 1 is 1.07 bits per heavy atom. The maximum absolute atomic E-state index is 13.9. The van der Waals surface area contributed by atoms with Gasteiger partial charge < -0.3 is 10.2 Å². The minimum Gasteiger partial charge on any atom is -0.338 e. The molecule has 4 aromatic rings. The van der Waals surface area contributed by atoms with Gasteiger partial charge in [-0.2, -0.15) is 13.2 Å². The third-order valence-corrected chi connectivity index (χ3v) is 10.9. The molecular weight excluding hydrogens is 638 g/mol. The molecule has 6 nitrogen and oxygen atoms in total. The third kappa shape index (κ3) is 7.51. The van der Waals surface area contributed by atoms with E-state index < -0.39 is 11.7 Å². The molecule has 45 heavy (non-hydrogen) atoms. The maximum atomic E-state index is 13.9. The summed E-state index contributed by atoms with van der Waals surface area (Å²) in [6, 6.07) is 16.8. The van der Waals surface area contributed by atoms with Crippen molar-refractivity contribution >= 4 is 41.6 Å². The highest BCUT2D eigenvalue weighted by atomic mass is 32.2. The number of hydrogen-bond acceptors (Lipinski definition) is 7. The van der Waals surface area contributed by atoms with Crippen molar-refractivity contribution in [1.82, 2.24) is 19.8 Å². The summed E-state index contributed by atoms with van der Waals surface area (Å²) >= 11 is 7.87. The first-order chi connectivity index (χ1) is 21.7. The molecule has 1 aliphatic carbocycles. The molecule has 0 atom stereocenters. The smallest absolute Gasteiger partial charge is 0.338 e. The molecule has 0 saturated heterocycles. The summed E-state index contributed by atoms with van der Waals surface area (Å²) in [5, 5.41) is 4.48. The van der Waals surface area contributed by atoms with E-state index in [1.807, 2.05) is 36.4 Å². The summed E-state index contributed by atoms with van der Waals surface area (Å²) in [7, 11) is 0. The summed E-state index contributed by atoms with van der Waals surface area (Å²) in [6.07, 6.45) is 0.504. The van der Waals surface area contributed by atoms with Gasteiger partial charge in [-0.3, -0.25) is 14.2 Å². The van der Waals surface area contributed by atoms with Crippen molar-refractivity contribution < 1.29 is 18.0 Å². The monoisotopic (exact) mass is 670 g/mol. The number of aromatic nitrogens is 2. The van der Waals surface area contributed by atoms with Crippen molar-refractivity contribution in [3.63, 3.8) is 0 Å². The number of benzene rings is 2. The number of nitrogens with zero attached hydrogens (tertiary/aromatic N) is 3. The van der Waals surface area contributed by atoms with Crippen molar-refractivity contribution in [2.75, 3.05) is 13.1 Å². The Labute approximate surface area is 273 Å². The number of alkyl halides is 3. The highest BCUT2D eigenvalue weighted by Crippen LogP contribution is 2.37. The highest BCUT2D eigenvalue weighted by Gasteiger charge is 2.30. The summed E-state index contributed by atoms with van der Waals surface area (Å²) in [4.78, 5) is 36.6. The zero-order valence-corrected chi connectivity index (χ0v) is 27.0. The van der Waals surface area contributed by atoms with Gasteiger partial charge in [-0.05, 0) is 54.8 Å². The van der Waals surface area contributed by atoms with Crippen molar-refractivity contribution in [3.05, 3.63) is 103 Å². The van der Waals surface area contributed by atoms with Gasteiger partial charge in [0.25, 0.3) is 5.56 Å². The van der Waals surface area contributed by atoms with E-state index in [0.29, 0.717) is 65.4 Å². The molecule has 1 fully saturated rings. The van der Waals surface area contributed by atoms with Crippen molar-refractivity contribution in [1.29, 1.82) is 0 Å². The molecule has 1 saturated carbocycles. The van der Waals surface area contributed by atoms with E-state index in [-0.39, 0.29) is 18.0 Å². The highest BCUT2D eigenvalue weighted by molar-refractivity contribution is 7.99. The molecule has 236 valence electrons. The van der Waals surface area contributed by atoms with Crippen LogP contribution in [0.5, 0.6) is 0 Å². The summed E-state index contributed by atoms with van der Waals surface area (Å²) < 4.78 is 40.2. The number of halogens is 3. The maximum Gasteiger partial charge on any atom is 0.416 e. The van der Waals surface area contributed by atoms with Crippen LogP contribution in [-0.2, 0) is 36.9 Å². The molecule has 0 spiro atoms. The molecule has 2 aliphatic rings. The Kier molecular flexibility index (Phi) is 9.74. The number of thiophene rings is 1. The number of thiol groups is 1. The van der Waals surface area contributed by atoms with Crippen LogP contribution in [0.3, 0.4) is 0 Å². The lowest BCUT2D eigenvalue weighted by Gasteiger charge is -2.30. The van der Waals surface area contributed by atoms with Crippen LogP contribution in [0.4, 0.5) is 13.2 Å². The molecule has 1 aliphatic heterocycles. The van der Waals surface area contributed by atoms with Gasteiger partial charge in [-0.1, -0.05) is 42.4 Å². The van der Waals surface area contributed by atoms with Gasteiger partial charge in [0.05, 0.1) is 29.1 Å². The molecule has 2 aromatic heterocycles. The van der Waals surface area contributed by atoms with Crippen molar-refractivity contribution in [2.24, 2.45) is 0 Å². The summed E-state index contributed by atoms with van der Waals surface area (Å²) in [6.45, 7) is 1.84. The fourth-order valence-corrected chi connectivity index (χ4v) is 8.04. The minimum atomic E-state index is -4.34. The summed E-state index contributed by atoms with van der Waals surface area (Å²) in [5.74, 6) is -0.0178. The van der Waals surface area contributed by atoms with E-state index in [0.717, 1.165) is 46.0 Å². The predicted molar refractivity (Wildman–Crippen MR) is 175 cm³/mol. The Morgan fingerprint density at radius 3 is 2.53 bits per heavy atom. The molecule has 0 bridgehead atoms. The zero-order chi connectivity index (χ0) is 31.6. The Bertz CT molecular complexity index is 1730. The lowest BCUT2D eigenvalue weighted by molar-refractivity contribution is -0.137. The van der Waals surface area contributed by atoms with Crippen LogP contribution in [-0.4, -0.2) is 38.7 Å². The predicted octanol–water partition coefficient (Wildman–Crippen LogP) is 6.90. The zero-order valence-electron chi connectivity index (χ0n) is 24.5. The number of rotatable bonds is 10. The molecule has 1 amide bonds. The topological polar surface area (TPSA) is 67.2 Å². The van der Waals surface area contributed by atoms with Gasteiger partial charge in [0, 0.05) is 58.8 Å². The first kappa shape index (κ1) is 31.9. The second kappa shape index (κ2) is 13.7. The first-order valence-corrected chi connectivity index (χ1v) is 17.1. The van der Waals surface area contributed by atoms with E-state index in [1.165, 1.54) is 18.6 Å². The number of para-hydroxylation sites is 1. The van der Waals surface area contributed by atoms with Gasteiger partial charge in [0.15, 0.2) is 5.16 Å². The van der Waals surface area contributed by atoms with Crippen LogP contribution in [0.15, 0.2) is 75.5 Å². The Hall–Kier alpha value is -3.06. The quantitative estimate of drug-likeness (QED) is 0.109. The van der Waals surface area contributed by atoms with E-state index in [1.54, 1.807) is 32.6 Å². The second-order valence-corrected chi connectivity index (χ2v) is 14.4. The van der Waals surface area contributed by atoms with Crippen LogP contribution in [0.2, 0.25) is 0 Å². The van der Waals surface area contributed by atoms with Crippen LogP contribution in [0.25, 0.3) is 5.69 Å². The third-order valence-electron chi connectivity index (χ3n) is 8.19. The second-order valence-electron chi connectivity index (χ2n) is 11.4. The van der Waals surface area contributed by atoms with Gasteiger partial charge in [0.2, 0.25) is 5.91 Å². The molecule has 0 unspecified atom stereocenters. The average Bonchev–Trinajstić information content (AvgIpc) is 3.44. The molecule has 12 heteroatoms. The van der Waals surface area contributed by atoms with Crippen LogP contribution in [0, 0.1) is 0 Å². The fraction of sp³-hybridized carbons (Fsp3) is 0.364. The van der Waals surface area contributed by atoms with Crippen LogP contribution >= 0.6 is 35.7 Å². The van der Waals surface area contributed by atoms with Crippen LogP contribution in [0.1, 0.15) is 57.8 Å². The lowest BCUT2D eigenvalue weighted by Crippen LogP contribution is -2.42. The number of carbonyl (C=O) groups is 1. The van der Waals surface area contributed by atoms with Gasteiger partial charge in [-0.15, -0.1) is 24.0 Å². The molecule has 3 heterocycles.